The standard InChI is InChI=1S/C13H20FNOS/c1-2-6-15-10-11-4-5-13(12(14)9-11)17-8-3-7-16/h4-5,9,15-16H,2-3,6-8,10H2,1H3. The molecule has 2 nitrogen and oxygen atoms in total. The molecule has 96 valence electrons. The number of halogens is 1. The zero-order valence-corrected chi connectivity index (χ0v) is 11.0. The second-order valence-electron chi connectivity index (χ2n) is 3.87. The van der Waals surface area contributed by atoms with E-state index in [0.717, 1.165) is 24.3 Å². The van der Waals surface area contributed by atoms with Crippen molar-refractivity contribution in [3.8, 4) is 0 Å². The van der Waals surface area contributed by atoms with Gasteiger partial charge in [-0.2, -0.15) is 0 Å². The van der Waals surface area contributed by atoms with Crippen molar-refractivity contribution < 1.29 is 9.50 Å². The third-order valence-corrected chi connectivity index (χ3v) is 3.45. The van der Waals surface area contributed by atoms with Crippen LogP contribution in [0.25, 0.3) is 0 Å². The maximum absolute atomic E-state index is 13.7. The van der Waals surface area contributed by atoms with E-state index in [0.29, 0.717) is 17.9 Å². The molecule has 1 aromatic carbocycles. The Morgan fingerprint density at radius 3 is 2.88 bits per heavy atom. The summed E-state index contributed by atoms with van der Waals surface area (Å²) in [5.41, 5.74) is 0.974. The number of hydrogen-bond donors (Lipinski definition) is 2. The van der Waals surface area contributed by atoms with E-state index in [1.165, 1.54) is 11.8 Å². The maximum atomic E-state index is 13.7. The summed E-state index contributed by atoms with van der Waals surface area (Å²) in [6.07, 6.45) is 1.78. The zero-order valence-electron chi connectivity index (χ0n) is 10.2. The molecule has 1 aromatic rings. The SMILES string of the molecule is CCCNCc1ccc(SCCCO)c(F)c1. The highest BCUT2D eigenvalue weighted by Gasteiger charge is 2.03. The molecule has 0 aromatic heterocycles. The van der Waals surface area contributed by atoms with Crippen molar-refractivity contribution in [3.63, 3.8) is 0 Å². The zero-order chi connectivity index (χ0) is 12.5. The third-order valence-electron chi connectivity index (χ3n) is 2.31. The van der Waals surface area contributed by atoms with Gasteiger partial charge in [-0.1, -0.05) is 13.0 Å². The Hall–Kier alpha value is -0.580. The van der Waals surface area contributed by atoms with Crippen molar-refractivity contribution in [1.82, 2.24) is 5.32 Å². The Bertz CT molecular complexity index is 333. The van der Waals surface area contributed by atoms with E-state index in [1.54, 1.807) is 6.07 Å². The first-order valence-corrected chi connectivity index (χ1v) is 6.99. The number of thioether (sulfide) groups is 1. The highest BCUT2D eigenvalue weighted by atomic mass is 32.2. The summed E-state index contributed by atoms with van der Waals surface area (Å²) in [5, 5.41) is 11.9. The van der Waals surface area contributed by atoms with E-state index in [9.17, 15) is 4.39 Å². The normalized spacial score (nSPS) is 10.8. The van der Waals surface area contributed by atoms with Gasteiger partial charge >= 0.3 is 0 Å². The Labute approximate surface area is 107 Å². The molecule has 1 rings (SSSR count). The van der Waals surface area contributed by atoms with Crippen LogP contribution < -0.4 is 5.32 Å². The summed E-state index contributed by atoms with van der Waals surface area (Å²) in [4.78, 5) is 0.665. The summed E-state index contributed by atoms with van der Waals surface area (Å²) in [6.45, 7) is 3.93. The fourth-order valence-corrected chi connectivity index (χ4v) is 2.28. The number of nitrogens with one attached hydrogen (secondary N) is 1. The fourth-order valence-electron chi connectivity index (χ4n) is 1.43. The smallest absolute Gasteiger partial charge is 0.137 e. The molecule has 2 N–H and O–H groups in total. The van der Waals surface area contributed by atoms with Gasteiger partial charge in [0.1, 0.15) is 5.82 Å². The van der Waals surface area contributed by atoms with Gasteiger partial charge in [-0.05, 0) is 37.1 Å². The minimum Gasteiger partial charge on any atom is -0.396 e. The largest absolute Gasteiger partial charge is 0.396 e. The molecule has 0 heterocycles. The average molecular weight is 257 g/mol. The van der Waals surface area contributed by atoms with Gasteiger partial charge in [0.05, 0.1) is 0 Å². The van der Waals surface area contributed by atoms with E-state index in [4.69, 9.17) is 5.11 Å². The van der Waals surface area contributed by atoms with Crippen LogP contribution in [0.5, 0.6) is 0 Å². The van der Waals surface area contributed by atoms with Gasteiger partial charge in [-0.15, -0.1) is 11.8 Å². The van der Waals surface area contributed by atoms with Crippen LogP contribution in [-0.2, 0) is 6.54 Å². The summed E-state index contributed by atoms with van der Waals surface area (Å²) in [6, 6.07) is 5.36. The highest BCUT2D eigenvalue weighted by molar-refractivity contribution is 7.99. The van der Waals surface area contributed by atoms with Gasteiger partial charge in [-0.3, -0.25) is 0 Å². The van der Waals surface area contributed by atoms with Crippen molar-refractivity contribution in [2.45, 2.75) is 31.2 Å². The van der Waals surface area contributed by atoms with Gasteiger partial charge in [-0.25, -0.2) is 4.39 Å². The second-order valence-corrected chi connectivity index (χ2v) is 5.00. The molecule has 0 saturated carbocycles. The monoisotopic (exact) mass is 257 g/mol. The number of aliphatic hydroxyl groups is 1. The first-order valence-electron chi connectivity index (χ1n) is 6.00. The topological polar surface area (TPSA) is 32.3 Å². The molecule has 0 aliphatic rings. The van der Waals surface area contributed by atoms with E-state index < -0.39 is 0 Å². The van der Waals surface area contributed by atoms with E-state index in [2.05, 4.69) is 12.2 Å². The number of hydrogen-bond acceptors (Lipinski definition) is 3. The van der Waals surface area contributed by atoms with Gasteiger partial charge in [0.2, 0.25) is 0 Å². The van der Waals surface area contributed by atoms with Crippen molar-refractivity contribution in [3.05, 3.63) is 29.6 Å². The Morgan fingerprint density at radius 1 is 1.41 bits per heavy atom. The van der Waals surface area contributed by atoms with Crippen LogP contribution in [0.15, 0.2) is 23.1 Å². The predicted molar refractivity (Wildman–Crippen MR) is 70.8 cm³/mol. The minimum absolute atomic E-state index is 0.160. The Balaban J connectivity index is 2.47. The molecule has 0 aliphatic heterocycles. The Kier molecular flexibility index (Phi) is 7.24. The molecule has 0 radical (unpaired) electrons. The van der Waals surface area contributed by atoms with Crippen LogP contribution in [0.1, 0.15) is 25.3 Å². The summed E-state index contributed by atoms with van der Waals surface area (Å²) in [5.74, 6) is 0.588. The fraction of sp³-hybridized carbons (Fsp3) is 0.538. The molecule has 0 unspecified atom stereocenters. The average Bonchev–Trinajstić information content (AvgIpc) is 2.32. The van der Waals surface area contributed by atoms with Crippen LogP contribution in [0, 0.1) is 5.82 Å². The molecule has 0 fully saturated rings. The van der Waals surface area contributed by atoms with Crippen molar-refractivity contribution in [2.24, 2.45) is 0 Å². The van der Waals surface area contributed by atoms with E-state index >= 15 is 0 Å². The quantitative estimate of drug-likeness (QED) is 0.555. The lowest BCUT2D eigenvalue weighted by atomic mass is 10.2. The van der Waals surface area contributed by atoms with Crippen LogP contribution in [-0.4, -0.2) is 24.0 Å². The van der Waals surface area contributed by atoms with Crippen LogP contribution >= 0.6 is 11.8 Å². The number of benzene rings is 1. The van der Waals surface area contributed by atoms with Crippen molar-refractivity contribution >= 4 is 11.8 Å². The first-order chi connectivity index (χ1) is 8.27. The minimum atomic E-state index is -0.163. The lowest BCUT2D eigenvalue weighted by molar-refractivity contribution is 0.296. The van der Waals surface area contributed by atoms with Crippen molar-refractivity contribution in [2.75, 3.05) is 18.9 Å². The second kappa shape index (κ2) is 8.50. The predicted octanol–water partition coefficient (Wildman–Crippen LogP) is 2.80. The molecule has 0 spiro atoms. The lowest BCUT2D eigenvalue weighted by Gasteiger charge is -2.06. The van der Waals surface area contributed by atoms with E-state index in [1.807, 2.05) is 12.1 Å². The summed E-state index contributed by atoms with van der Waals surface area (Å²) >= 11 is 1.45. The van der Waals surface area contributed by atoms with Gasteiger partial charge in [0.25, 0.3) is 0 Å². The molecule has 4 heteroatoms. The molecular weight excluding hydrogens is 237 g/mol. The molecule has 0 amide bonds. The van der Waals surface area contributed by atoms with Crippen LogP contribution in [0.2, 0.25) is 0 Å². The lowest BCUT2D eigenvalue weighted by Crippen LogP contribution is -2.13. The highest BCUT2D eigenvalue weighted by Crippen LogP contribution is 2.23. The van der Waals surface area contributed by atoms with Gasteiger partial charge in [0, 0.05) is 23.8 Å². The van der Waals surface area contributed by atoms with Gasteiger partial charge in [0.15, 0.2) is 0 Å². The van der Waals surface area contributed by atoms with Crippen LogP contribution in [0.4, 0.5) is 4.39 Å². The molecule has 0 saturated heterocycles. The maximum Gasteiger partial charge on any atom is 0.137 e. The Morgan fingerprint density at radius 2 is 2.24 bits per heavy atom. The number of aliphatic hydroxyl groups excluding tert-OH is 1. The third kappa shape index (κ3) is 5.52. The number of rotatable bonds is 8. The summed E-state index contributed by atoms with van der Waals surface area (Å²) < 4.78 is 13.7. The van der Waals surface area contributed by atoms with Crippen molar-refractivity contribution in [1.29, 1.82) is 0 Å². The van der Waals surface area contributed by atoms with Gasteiger partial charge < -0.3 is 10.4 Å². The molecule has 17 heavy (non-hydrogen) atoms. The summed E-state index contributed by atoms with van der Waals surface area (Å²) in [7, 11) is 0. The molecule has 0 atom stereocenters. The molecular formula is C13H20FNOS. The van der Waals surface area contributed by atoms with Crippen LogP contribution in [0.3, 0.4) is 0 Å². The van der Waals surface area contributed by atoms with E-state index in [-0.39, 0.29) is 12.4 Å². The molecule has 0 aliphatic carbocycles. The molecule has 0 bridgehead atoms. The first kappa shape index (κ1) is 14.5.